The summed E-state index contributed by atoms with van der Waals surface area (Å²) in [6.45, 7) is 0.150. The Balaban J connectivity index is 2.20. The van der Waals surface area contributed by atoms with Crippen molar-refractivity contribution in [2.75, 3.05) is 0 Å². The highest BCUT2D eigenvalue weighted by atomic mass is 35.5. The lowest BCUT2D eigenvalue weighted by Gasteiger charge is -2.02. The predicted molar refractivity (Wildman–Crippen MR) is 106 cm³/mol. The van der Waals surface area contributed by atoms with Crippen molar-refractivity contribution in [3.8, 4) is 12.3 Å². The summed E-state index contributed by atoms with van der Waals surface area (Å²) in [5.74, 6) is 1.94. The first-order valence-electron chi connectivity index (χ1n) is 7.34. The predicted octanol–water partition coefficient (Wildman–Crippen LogP) is 3.03. The number of nitrogens with two attached hydrogens (primary N) is 1. The summed E-state index contributed by atoms with van der Waals surface area (Å²) < 4.78 is 25.3. The van der Waals surface area contributed by atoms with Crippen LogP contribution in [0.5, 0.6) is 0 Å². The molecule has 27 heavy (non-hydrogen) atoms. The molecule has 6 nitrogen and oxygen atoms in total. The van der Waals surface area contributed by atoms with Gasteiger partial charge in [0.15, 0.2) is 4.80 Å². The van der Waals surface area contributed by atoms with Gasteiger partial charge in [0.05, 0.1) is 21.7 Å². The molecule has 0 saturated carbocycles. The lowest BCUT2D eigenvalue weighted by molar-refractivity contribution is 0.0998. The lowest BCUT2D eigenvalue weighted by Crippen LogP contribution is -2.16. The number of thiazole rings is 1. The van der Waals surface area contributed by atoms with Crippen molar-refractivity contribution in [2.45, 2.75) is 11.4 Å². The molecule has 138 valence electrons. The van der Waals surface area contributed by atoms with E-state index in [2.05, 4.69) is 10.9 Å². The maximum absolute atomic E-state index is 12.5. The fraction of sp³-hybridized carbons (Fsp3) is 0.0588. The molecular weight excluding hydrogens is 429 g/mol. The van der Waals surface area contributed by atoms with Crippen molar-refractivity contribution in [2.24, 2.45) is 10.1 Å². The molecule has 2 aromatic carbocycles. The lowest BCUT2D eigenvalue weighted by atomic mass is 10.2. The quantitative estimate of drug-likeness (QED) is 0.635. The second-order valence-electron chi connectivity index (χ2n) is 5.42. The Kier molecular flexibility index (Phi) is 5.42. The number of carbonyl (C=O) groups excluding carboxylic acids is 1. The number of amides is 1. The van der Waals surface area contributed by atoms with Crippen LogP contribution in [0.3, 0.4) is 0 Å². The van der Waals surface area contributed by atoms with Gasteiger partial charge < -0.3 is 4.57 Å². The van der Waals surface area contributed by atoms with E-state index in [1.807, 2.05) is 0 Å². The summed E-state index contributed by atoms with van der Waals surface area (Å²) in [6.07, 6.45) is 5.42. The van der Waals surface area contributed by atoms with Crippen LogP contribution in [0.4, 0.5) is 0 Å². The normalized spacial score (nSPS) is 12.3. The summed E-state index contributed by atoms with van der Waals surface area (Å²) in [4.78, 5) is 16.9. The minimum Gasteiger partial charge on any atom is -0.305 e. The third kappa shape index (κ3) is 4.24. The first kappa shape index (κ1) is 19.6. The molecule has 0 saturated heterocycles. The van der Waals surface area contributed by atoms with Gasteiger partial charge in [-0.05, 0) is 36.4 Å². The van der Waals surface area contributed by atoms with E-state index in [0.29, 0.717) is 25.1 Å². The highest BCUT2D eigenvalue weighted by molar-refractivity contribution is 7.89. The first-order chi connectivity index (χ1) is 12.7. The second-order valence-corrected chi connectivity index (χ2v) is 8.87. The smallest absolute Gasteiger partial charge is 0.279 e. The Morgan fingerprint density at radius 1 is 1.22 bits per heavy atom. The van der Waals surface area contributed by atoms with Crippen molar-refractivity contribution >= 4 is 60.7 Å². The molecule has 0 spiro atoms. The molecule has 3 aromatic rings. The number of rotatable bonds is 3. The number of hydrogen-bond acceptors (Lipinski definition) is 4. The average Bonchev–Trinajstić information content (AvgIpc) is 2.90. The van der Waals surface area contributed by atoms with Crippen molar-refractivity contribution in [3.05, 3.63) is 56.8 Å². The van der Waals surface area contributed by atoms with Gasteiger partial charge in [-0.3, -0.25) is 4.79 Å². The second kappa shape index (κ2) is 7.46. The van der Waals surface area contributed by atoms with Crippen LogP contribution < -0.4 is 9.94 Å². The van der Waals surface area contributed by atoms with Gasteiger partial charge in [0, 0.05) is 15.6 Å². The molecule has 2 N–H and O–H groups in total. The van der Waals surface area contributed by atoms with Gasteiger partial charge in [-0.1, -0.05) is 40.5 Å². The topological polar surface area (TPSA) is 94.5 Å². The van der Waals surface area contributed by atoms with Gasteiger partial charge in [-0.25, -0.2) is 13.6 Å². The number of nitrogens with zero attached hydrogens (tertiary/aromatic N) is 2. The van der Waals surface area contributed by atoms with Gasteiger partial charge in [-0.15, -0.1) is 6.42 Å². The number of halogens is 2. The molecule has 0 bridgehead atoms. The summed E-state index contributed by atoms with van der Waals surface area (Å²) >= 11 is 13.0. The maximum atomic E-state index is 12.5. The molecule has 0 fully saturated rings. The molecule has 10 heteroatoms. The van der Waals surface area contributed by atoms with E-state index >= 15 is 0 Å². The molecular formula is C17H11Cl2N3O3S2. The molecule has 0 aliphatic carbocycles. The summed E-state index contributed by atoms with van der Waals surface area (Å²) in [7, 11) is -3.86. The number of sulfonamides is 1. The van der Waals surface area contributed by atoms with E-state index in [4.69, 9.17) is 34.8 Å². The zero-order valence-electron chi connectivity index (χ0n) is 13.5. The SMILES string of the molecule is C#CCn1c(=NC(=O)c2cc(Cl)cc(Cl)c2)sc2cc(S(N)(=O)=O)ccc21. The Hall–Kier alpha value is -2.15. The standard InChI is InChI=1S/C17H11Cl2N3O3S2/c1-2-5-22-14-4-3-13(27(20,24)25)9-15(14)26-17(22)21-16(23)10-6-11(18)8-12(19)7-10/h1,3-4,6-9H,5H2,(H2,20,24,25). The molecule has 1 aromatic heterocycles. The van der Waals surface area contributed by atoms with E-state index in [0.717, 1.165) is 11.3 Å². The highest BCUT2D eigenvalue weighted by Gasteiger charge is 2.14. The van der Waals surface area contributed by atoms with Crippen molar-refractivity contribution < 1.29 is 13.2 Å². The Morgan fingerprint density at radius 2 is 1.89 bits per heavy atom. The van der Waals surface area contributed by atoms with Gasteiger partial charge in [-0.2, -0.15) is 4.99 Å². The van der Waals surface area contributed by atoms with Gasteiger partial charge >= 0.3 is 0 Å². The molecule has 0 aliphatic heterocycles. The zero-order chi connectivity index (χ0) is 19.8. The number of terminal acetylenes is 1. The molecule has 1 heterocycles. The van der Waals surface area contributed by atoms with Crippen LogP contribution in [0.25, 0.3) is 10.2 Å². The molecule has 0 aliphatic rings. The van der Waals surface area contributed by atoms with Crippen LogP contribution in [0.2, 0.25) is 10.0 Å². The van der Waals surface area contributed by atoms with Crippen molar-refractivity contribution in [3.63, 3.8) is 0 Å². The molecule has 0 atom stereocenters. The van der Waals surface area contributed by atoms with Gasteiger partial charge in [0.2, 0.25) is 10.0 Å². The summed E-state index contributed by atoms with van der Waals surface area (Å²) in [6, 6.07) is 8.78. The van der Waals surface area contributed by atoms with E-state index in [1.165, 1.54) is 30.3 Å². The number of fused-ring (bicyclic) bond motifs is 1. The number of benzene rings is 2. The minimum atomic E-state index is -3.86. The summed E-state index contributed by atoms with van der Waals surface area (Å²) in [5, 5.41) is 5.80. The van der Waals surface area contributed by atoms with E-state index < -0.39 is 15.9 Å². The Bertz CT molecular complexity index is 1260. The van der Waals surface area contributed by atoms with E-state index in [9.17, 15) is 13.2 Å². The minimum absolute atomic E-state index is 0.0383. The Labute approximate surface area is 168 Å². The first-order valence-corrected chi connectivity index (χ1v) is 10.5. The number of hydrogen-bond donors (Lipinski definition) is 1. The number of aromatic nitrogens is 1. The monoisotopic (exact) mass is 439 g/mol. The Morgan fingerprint density at radius 3 is 2.48 bits per heavy atom. The highest BCUT2D eigenvalue weighted by Crippen LogP contribution is 2.22. The summed E-state index contributed by atoms with van der Waals surface area (Å²) in [5.41, 5.74) is 0.864. The third-order valence-corrected chi connectivity index (χ3v) is 5.93. The number of primary sulfonamides is 1. The van der Waals surface area contributed by atoms with Gasteiger partial charge in [0.1, 0.15) is 0 Å². The molecule has 0 unspecified atom stereocenters. The molecule has 1 amide bonds. The van der Waals surface area contributed by atoms with Crippen LogP contribution >= 0.6 is 34.5 Å². The van der Waals surface area contributed by atoms with Gasteiger partial charge in [0.25, 0.3) is 5.91 Å². The third-order valence-electron chi connectivity index (χ3n) is 3.54. The van der Waals surface area contributed by atoms with E-state index in [1.54, 1.807) is 10.6 Å². The fourth-order valence-corrected chi connectivity index (χ4v) is 4.60. The largest absolute Gasteiger partial charge is 0.305 e. The van der Waals surface area contributed by atoms with Crippen LogP contribution in [-0.2, 0) is 16.6 Å². The van der Waals surface area contributed by atoms with Crippen LogP contribution in [0.1, 0.15) is 10.4 Å². The van der Waals surface area contributed by atoms with Crippen LogP contribution in [0.15, 0.2) is 46.3 Å². The fourth-order valence-electron chi connectivity index (χ4n) is 2.39. The van der Waals surface area contributed by atoms with E-state index in [-0.39, 0.29) is 17.0 Å². The maximum Gasteiger partial charge on any atom is 0.279 e. The van der Waals surface area contributed by atoms with Crippen molar-refractivity contribution in [1.82, 2.24) is 4.57 Å². The van der Waals surface area contributed by atoms with Crippen LogP contribution in [0, 0.1) is 12.3 Å². The van der Waals surface area contributed by atoms with Crippen LogP contribution in [-0.4, -0.2) is 18.9 Å². The number of carbonyl (C=O) groups is 1. The molecule has 3 rings (SSSR count). The van der Waals surface area contributed by atoms with Crippen molar-refractivity contribution in [1.29, 1.82) is 0 Å². The average molecular weight is 440 g/mol. The molecule has 0 radical (unpaired) electrons. The zero-order valence-corrected chi connectivity index (χ0v) is 16.7.